The van der Waals surface area contributed by atoms with Crippen molar-refractivity contribution in [2.75, 3.05) is 38.0 Å². The third-order valence-corrected chi connectivity index (χ3v) is 10.3. The molecule has 9 heteroatoms. The summed E-state index contributed by atoms with van der Waals surface area (Å²) in [6, 6.07) is 17.1. The summed E-state index contributed by atoms with van der Waals surface area (Å²) in [6.45, 7) is 10.8. The number of likely N-dealkylation sites (tertiary alicyclic amines) is 2. The Balaban J connectivity index is 1.05. The smallest absolute Gasteiger partial charge is 0.158 e. The number of hydrogen-bond acceptors (Lipinski definition) is 8. The van der Waals surface area contributed by atoms with Crippen molar-refractivity contribution in [3.05, 3.63) is 106 Å². The Hall–Kier alpha value is -4.24. The molecule has 0 radical (unpaired) electrons. The normalized spacial score (nSPS) is 19.9. The van der Waals surface area contributed by atoms with Gasteiger partial charge in [-0.3, -0.25) is 14.8 Å². The number of anilines is 2. The number of aromatic nitrogens is 2. The van der Waals surface area contributed by atoms with E-state index in [2.05, 4.69) is 95.1 Å². The van der Waals surface area contributed by atoms with Crippen LogP contribution in [0.4, 0.5) is 11.5 Å². The SMILES string of the molecule is Cc1c(Nc2nccc3cc(CN4CCCC4)cnc23)cccc1-c1cccc(C2=NN3C=C(CN4CCCC4)C=C(Cl)C3N2)c1C. The lowest BCUT2D eigenvalue weighted by molar-refractivity contribution is 0.327. The van der Waals surface area contributed by atoms with E-state index in [1.165, 1.54) is 55.5 Å². The van der Waals surface area contributed by atoms with Gasteiger partial charge in [-0.15, -0.1) is 0 Å². The lowest BCUT2D eigenvalue weighted by Gasteiger charge is -2.26. The second-order valence-corrected chi connectivity index (χ2v) is 13.7. The topological polar surface area (TPSA) is 71.9 Å². The Morgan fingerprint density at radius 3 is 2.34 bits per heavy atom. The molecule has 0 amide bonds. The lowest BCUT2D eigenvalue weighted by Crippen LogP contribution is -2.38. The number of halogens is 1. The summed E-state index contributed by atoms with van der Waals surface area (Å²) in [5.74, 6) is 1.60. The van der Waals surface area contributed by atoms with Crippen LogP contribution in [0.2, 0.25) is 0 Å². The standard InChI is InChI=1S/C38H41ClN8/c1-25-30(9-7-11-32(25)36-43-38-33(39)20-28(24-47(38)44-36)23-46-17-5-6-18-46)31-10-8-12-34(26(31)2)42-37-35-29(13-14-40-37)19-27(21-41-35)22-45-15-3-4-16-45/h7-14,19-21,24,38H,3-6,15-18,22-23H2,1-2H3,(H,40,42)(H,43,44). The maximum absolute atomic E-state index is 6.81. The summed E-state index contributed by atoms with van der Waals surface area (Å²) in [5, 5.41) is 16.0. The number of hydrogen-bond donors (Lipinski definition) is 2. The van der Waals surface area contributed by atoms with E-state index in [4.69, 9.17) is 26.7 Å². The minimum Gasteiger partial charge on any atom is -0.342 e. The fourth-order valence-electron chi connectivity index (χ4n) is 7.43. The molecule has 4 aromatic rings. The second kappa shape index (κ2) is 12.8. The van der Waals surface area contributed by atoms with Crippen molar-refractivity contribution in [3.8, 4) is 11.1 Å². The van der Waals surface area contributed by atoms with Crippen LogP contribution in [0.15, 0.2) is 88.9 Å². The number of hydrazone groups is 1. The number of nitrogens with one attached hydrogen (secondary N) is 2. The minimum atomic E-state index is -0.176. The molecule has 2 saturated heterocycles. The van der Waals surface area contributed by atoms with Gasteiger partial charge in [0.05, 0.1) is 5.03 Å². The molecule has 8 nitrogen and oxygen atoms in total. The number of fused-ring (bicyclic) bond motifs is 2. The monoisotopic (exact) mass is 644 g/mol. The molecule has 0 aliphatic carbocycles. The van der Waals surface area contributed by atoms with E-state index in [0.717, 1.165) is 81.7 Å². The van der Waals surface area contributed by atoms with Crippen molar-refractivity contribution >= 4 is 39.8 Å². The third-order valence-electron chi connectivity index (χ3n) is 9.97. The Kier molecular flexibility index (Phi) is 8.17. The summed E-state index contributed by atoms with van der Waals surface area (Å²) < 4.78 is 0. The molecule has 0 saturated carbocycles. The maximum Gasteiger partial charge on any atom is 0.158 e. The Morgan fingerprint density at radius 1 is 0.851 bits per heavy atom. The van der Waals surface area contributed by atoms with Gasteiger partial charge in [0, 0.05) is 48.3 Å². The first-order chi connectivity index (χ1) is 23.0. The molecule has 4 aliphatic heterocycles. The molecule has 2 aromatic carbocycles. The molecule has 240 valence electrons. The highest BCUT2D eigenvalue weighted by Crippen LogP contribution is 2.35. The van der Waals surface area contributed by atoms with Crippen molar-refractivity contribution in [1.29, 1.82) is 0 Å². The number of rotatable bonds is 8. The zero-order valence-electron chi connectivity index (χ0n) is 27.1. The molecule has 0 spiro atoms. The highest BCUT2D eigenvalue weighted by molar-refractivity contribution is 6.30. The molecular formula is C38H41ClN8. The Bertz CT molecular complexity index is 1920. The largest absolute Gasteiger partial charge is 0.342 e. The van der Waals surface area contributed by atoms with Gasteiger partial charge in [-0.05, 0) is 123 Å². The predicted octanol–water partition coefficient (Wildman–Crippen LogP) is 7.26. The van der Waals surface area contributed by atoms with Crippen molar-refractivity contribution < 1.29 is 0 Å². The van der Waals surface area contributed by atoms with Crippen LogP contribution in [-0.4, -0.2) is 69.5 Å². The van der Waals surface area contributed by atoms with Crippen LogP contribution >= 0.6 is 11.6 Å². The molecule has 47 heavy (non-hydrogen) atoms. The summed E-state index contributed by atoms with van der Waals surface area (Å²) in [6.07, 6.45) is 13.1. The zero-order valence-corrected chi connectivity index (χ0v) is 27.9. The van der Waals surface area contributed by atoms with Gasteiger partial charge in [-0.1, -0.05) is 41.9 Å². The quantitative estimate of drug-likeness (QED) is 0.209. The van der Waals surface area contributed by atoms with Gasteiger partial charge in [0.25, 0.3) is 0 Å². The fourth-order valence-corrected chi connectivity index (χ4v) is 7.73. The van der Waals surface area contributed by atoms with Crippen molar-refractivity contribution in [2.24, 2.45) is 5.10 Å². The number of pyridine rings is 2. The van der Waals surface area contributed by atoms with Crippen LogP contribution < -0.4 is 10.6 Å². The molecule has 2 fully saturated rings. The van der Waals surface area contributed by atoms with Crippen molar-refractivity contribution in [2.45, 2.75) is 52.2 Å². The van der Waals surface area contributed by atoms with Crippen molar-refractivity contribution in [1.82, 2.24) is 30.1 Å². The van der Waals surface area contributed by atoms with E-state index in [-0.39, 0.29) is 6.17 Å². The average Bonchev–Trinajstić information content (AvgIpc) is 3.86. The second-order valence-electron chi connectivity index (χ2n) is 13.2. The zero-order chi connectivity index (χ0) is 31.9. The highest BCUT2D eigenvalue weighted by atomic mass is 35.5. The molecule has 0 bridgehead atoms. The fraction of sp³-hybridized carbons (Fsp3) is 0.342. The maximum atomic E-state index is 6.81. The number of amidine groups is 1. The lowest BCUT2D eigenvalue weighted by atomic mass is 9.92. The van der Waals surface area contributed by atoms with Gasteiger partial charge in [0.15, 0.2) is 17.8 Å². The molecule has 4 aliphatic rings. The first kappa shape index (κ1) is 30.1. The Labute approximate surface area is 281 Å². The van der Waals surface area contributed by atoms with Crippen LogP contribution in [0.5, 0.6) is 0 Å². The van der Waals surface area contributed by atoms with Crippen molar-refractivity contribution in [3.63, 3.8) is 0 Å². The first-order valence-electron chi connectivity index (χ1n) is 16.9. The first-order valence-corrected chi connectivity index (χ1v) is 17.2. The van der Waals surface area contributed by atoms with E-state index < -0.39 is 0 Å². The van der Waals surface area contributed by atoms with Gasteiger partial charge in [0.1, 0.15) is 5.52 Å². The van der Waals surface area contributed by atoms with E-state index in [9.17, 15) is 0 Å². The van der Waals surface area contributed by atoms with Gasteiger partial charge >= 0.3 is 0 Å². The van der Waals surface area contributed by atoms with Gasteiger partial charge in [-0.2, -0.15) is 5.10 Å². The van der Waals surface area contributed by atoms with Crippen LogP contribution in [0.3, 0.4) is 0 Å². The summed E-state index contributed by atoms with van der Waals surface area (Å²) >= 11 is 6.81. The molecule has 8 rings (SSSR count). The van der Waals surface area contributed by atoms with Gasteiger partial charge in [0.2, 0.25) is 0 Å². The summed E-state index contributed by atoms with van der Waals surface area (Å²) in [4.78, 5) is 14.6. The number of benzene rings is 2. The molecular weight excluding hydrogens is 604 g/mol. The molecule has 6 heterocycles. The molecule has 1 unspecified atom stereocenters. The van der Waals surface area contributed by atoms with Gasteiger partial charge in [-0.25, -0.2) is 9.99 Å². The predicted molar refractivity (Wildman–Crippen MR) is 192 cm³/mol. The van der Waals surface area contributed by atoms with Crippen LogP contribution in [0.25, 0.3) is 22.0 Å². The van der Waals surface area contributed by atoms with E-state index in [0.29, 0.717) is 0 Å². The van der Waals surface area contributed by atoms with E-state index >= 15 is 0 Å². The summed E-state index contributed by atoms with van der Waals surface area (Å²) in [5.41, 5.74) is 10.1. The third kappa shape index (κ3) is 6.02. The van der Waals surface area contributed by atoms with Crippen LogP contribution in [-0.2, 0) is 6.54 Å². The average molecular weight is 645 g/mol. The molecule has 2 N–H and O–H groups in total. The summed E-state index contributed by atoms with van der Waals surface area (Å²) in [7, 11) is 0. The Morgan fingerprint density at radius 2 is 1.55 bits per heavy atom. The van der Waals surface area contributed by atoms with Gasteiger partial charge < -0.3 is 10.6 Å². The minimum absolute atomic E-state index is 0.176. The molecule has 1 atom stereocenters. The van der Waals surface area contributed by atoms with E-state index in [1.54, 1.807) is 0 Å². The van der Waals surface area contributed by atoms with Crippen LogP contribution in [0, 0.1) is 13.8 Å². The number of nitrogens with zero attached hydrogens (tertiary/aromatic N) is 6. The van der Waals surface area contributed by atoms with E-state index in [1.807, 2.05) is 17.4 Å². The molecule has 2 aromatic heterocycles. The highest BCUT2D eigenvalue weighted by Gasteiger charge is 2.32. The van der Waals surface area contributed by atoms with Crippen LogP contribution in [0.1, 0.15) is 47.9 Å².